The molecule has 0 aliphatic carbocycles. The van der Waals surface area contributed by atoms with Gasteiger partial charge in [0.15, 0.2) is 0 Å². The van der Waals surface area contributed by atoms with E-state index in [-0.39, 0.29) is 18.0 Å². The van der Waals surface area contributed by atoms with E-state index in [4.69, 9.17) is 5.21 Å². The number of anilines is 1. The number of hydrogen-bond acceptors (Lipinski definition) is 6. The molecule has 2 aromatic carbocycles. The normalized spacial score (nSPS) is 12.0. The zero-order chi connectivity index (χ0) is 23.5. The van der Waals surface area contributed by atoms with Crippen LogP contribution in [-0.4, -0.2) is 53.3 Å². The number of hydroxylamine groups is 1. The summed E-state index contributed by atoms with van der Waals surface area (Å²) in [5.41, 5.74) is 3.78. The van der Waals surface area contributed by atoms with Crippen molar-refractivity contribution in [2.45, 2.75) is 26.0 Å². The minimum atomic E-state index is -1.29. The summed E-state index contributed by atoms with van der Waals surface area (Å²) < 4.78 is 0. The Labute approximate surface area is 186 Å². The Bertz CT molecular complexity index is 992. The van der Waals surface area contributed by atoms with Gasteiger partial charge in [-0.25, -0.2) is 5.48 Å². The average Bonchev–Trinajstić information content (AvgIpc) is 2.80. The van der Waals surface area contributed by atoms with Gasteiger partial charge in [0.05, 0.1) is 12.6 Å². The molecule has 6 N–H and O–H groups in total. The van der Waals surface area contributed by atoms with Crippen LogP contribution in [0.15, 0.2) is 48.5 Å². The molecule has 0 fully saturated rings. The number of benzene rings is 2. The lowest BCUT2D eigenvalue weighted by molar-refractivity contribution is -0.133. The molecule has 0 aliphatic rings. The molecule has 0 aliphatic heterocycles. The maximum Gasteiger partial charge on any atom is 0.268 e. The lowest BCUT2D eigenvalue weighted by Crippen LogP contribution is -2.51. The number of hydrogen-bond donors (Lipinski definition) is 6. The minimum Gasteiger partial charge on any atom is -0.391 e. The molecule has 0 spiro atoms. The van der Waals surface area contributed by atoms with E-state index in [9.17, 15) is 19.5 Å². The van der Waals surface area contributed by atoms with Gasteiger partial charge in [-0.1, -0.05) is 18.8 Å². The first-order valence-corrected chi connectivity index (χ1v) is 9.99. The fourth-order valence-corrected chi connectivity index (χ4v) is 2.63. The van der Waals surface area contributed by atoms with E-state index in [1.807, 2.05) is 6.92 Å². The van der Waals surface area contributed by atoms with Crippen molar-refractivity contribution < 1.29 is 24.7 Å². The first kappa shape index (κ1) is 24.6. The van der Waals surface area contributed by atoms with Crippen molar-refractivity contribution in [2.24, 2.45) is 0 Å². The molecule has 0 heterocycles. The molecule has 0 bridgehead atoms. The predicted octanol–water partition coefficient (Wildman–Crippen LogP) is 0.619. The van der Waals surface area contributed by atoms with E-state index >= 15 is 0 Å². The second-order valence-electron chi connectivity index (χ2n) is 6.90. The highest BCUT2D eigenvalue weighted by Crippen LogP contribution is 2.09. The van der Waals surface area contributed by atoms with E-state index in [1.165, 1.54) is 24.5 Å². The Morgan fingerprint density at radius 3 is 2.03 bits per heavy atom. The topological polar surface area (TPSA) is 140 Å². The molecule has 0 saturated heterocycles. The van der Waals surface area contributed by atoms with Gasteiger partial charge in [0.25, 0.3) is 11.8 Å². The number of carbonyl (C=O) groups excluding carboxylic acids is 3. The largest absolute Gasteiger partial charge is 0.391 e. The first-order valence-electron chi connectivity index (χ1n) is 9.99. The fourth-order valence-electron chi connectivity index (χ4n) is 2.63. The van der Waals surface area contributed by atoms with Crippen molar-refractivity contribution >= 4 is 23.4 Å². The third-order valence-corrected chi connectivity index (χ3v) is 4.36. The minimum absolute atomic E-state index is 0.119. The number of nitrogens with one attached hydrogen (secondary N) is 4. The van der Waals surface area contributed by atoms with Crippen LogP contribution in [-0.2, 0) is 9.59 Å². The molecule has 3 amide bonds. The average molecular weight is 438 g/mol. The summed E-state index contributed by atoms with van der Waals surface area (Å²) in [5, 5.41) is 26.4. The van der Waals surface area contributed by atoms with Gasteiger partial charge in [-0.2, -0.15) is 0 Å². The molecular formula is C23H26N4O5. The van der Waals surface area contributed by atoms with Crippen molar-refractivity contribution in [2.75, 3.05) is 18.4 Å². The van der Waals surface area contributed by atoms with Gasteiger partial charge in [-0.05, 0) is 62.0 Å². The Hall–Kier alpha value is -3.71. The van der Waals surface area contributed by atoms with Gasteiger partial charge < -0.3 is 21.1 Å². The monoisotopic (exact) mass is 438 g/mol. The summed E-state index contributed by atoms with van der Waals surface area (Å²) in [6.45, 7) is 4.22. The molecule has 168 valence electrons. The Balaban J connectivity index is 1.99. The molecule has 0 saturated carbocycles. The van der Waals surface area contributed by atoms with Crippen LogP contribution >= 0.6 is 0 Å². The third-order valence-electron chi connectivity index (χ3n) is 4.36. The summed E-state index contributed by atoms with van der Waals surface area (Å²) in [4.78, 5) is 35.5. The molecule has 9 heteroatoms. The molecule has 2 aromatic rings. The van der Waals surface area contributed by atoms with Gasteiger partial charge in [0.1, 0.15) is 6.04 Å². The molecule has 9 nitrogen and oxygen atoms in total. The molecule has 32 heavy (non-hydrogen) atoms. The van der Waals surface area contributed by atoms with Crippen molar-refractivity contribution in [1.29, 1.82) is 0 Å². The van der Waals surface area contributed by atoms with Gasteiger partial charge in [-0.3, -0.25) is 19.6 Å². The Kier molecular flexibility index (Phi) is 9.38. The Morgan fingerprint density at radius 2 is 1.53 bits per heavy atom. The van der Waals surface area contributed by atoms with Gasteiger partial charge in [0, 0.05) is 22.4 Å². The third kappa shape index (κ3) is 7.52. The highest BCUT2D eigenvalue weighted by molar-refractivity contribution is 5.97. The van der Waals surface area contributed by atoms with Gasteiger partial charge in [0.2, 0.25) is 5.91 Å². The highest BCUT2D eigenvalue weighted by atomic mass is 16.5. The quantitative estimate of drug-likeness (QED) is 0.203. The van der Waals surface area contributed by atoms with Crippen LogP contribution < -0.4 is 21.4 Å². The number of rotatable bonds is 8. The summed E-state index contributed by atoms with van der Waals surface area (Å²) in [7, 11) is 0. The molecule has 0 unspecified atom stereocenters. The van der Waals surface area contributed by atoms with E-state index < -0.39 is 24.0 Å². The van der Waals surface area contributed by atoms with Crippen molar-refractivity contribution in [3.63, 3.8) is 0 Å². The predicted molar refractivity (Wildman–Crippen MR) is 119 cm³/mol. The standard InChI is InChI=1S/C23H26N4O5/c1-3-24-14-20(29)25-19-12-8-17(9-13-19)5-4-16-6-10-18(11-7-16)22(30)26-21(15(2)28)23(31)27-32/h6-13,15,21,24,28,32H,3,14H2,1-2H3,(H,25,29)(H,26,30)(H,27,31)/t15-,21+/m1/s1. The number of likely N-dealkylation sites (N-methyl/N-ethyl adjacent to an activating group) is 1. The molecular weight excluding hydrogens is 412 g/mol. The van der Waals surface area contributed by atoms with E-state index in [1.54, 1.807) is 36.4 Å². The van der Waals surface area contributed by atoms with Crippen LogP contribution in [0.4, 0.5) is 5.69 Å². The van der Waals surface area contributed by atoms with Gasteiger partial charge in [-0.15, -0.1) is 0 Å². The molecule has 2 rings (SSSR count). The van der Waals surface area contributed by atoms with Crippen LogP contribution in [0.25, 0.3) is 0 Å². The number of aliphatic hydroxyl groups excluding tert-OH is 1. The summed E-state index contributed by atoms with van der Waals surface area (Å²) in [6, 6.07) is 12.2. The van der Waals surface area contributed by atoms with Crippen molar-refractivity contribution in [3.05, 3.63) is 65.2 Å². The van der Waals surface area contributed by atoms with Crippen LogP contribution in [0, 0.1) is 11.8 Å². The van der Waals surface area contributed by atoms with E-state index in [2.05, 4.69) is 27.8 Å². The number of amides is 3. The maximum atomic E-state index is 12.3. The fraction of sp³-hybridized carbons (Fsp3) is 0.261. The molecule has 2 atom stereocenters. The summed E-state index contributed by atoms with van der Waals surface area (Å²) in [5.74, 6) is 4.38. The summed E-state index contributed by atoms with van der Waals surface area (Å²) in [6.07, 6.45) is -1.19. The SMILES string of the molecule is CCNCC(=O)Nc1ccc(C#Cc2ccc(C(=O)N[C@H](C(=O)NO)[C@@H](C)O)cc2)cc1. The van der Waals surface area contributed by atoms with E-state index in [0.717, 1.165) is 12.1 Å². The lowest BCUT2D eigenvalue weighted by atomic mass is 10.1. The lowest BCUT2D eigenvalue weighted by Gasteiger charge is -2.19. The molecule has 0 radical (unpaired) electrons. The second-order valence-corrected chi connectivity index (χ2v) is 6.90. The van der Waals surface area contributed by atoms with Gasteiger partial charge >= 0.3 is 0 Å². The zero-order valence-electron chi connectivity index (χ0n) is 17.8. The zero-order valence-corrected chi connectivity index (χ0v) is 17.8. The highest BCUT2D eigenvalue weighted by Gasteiger charge is 2.25. The smallest absolute Gasteiger partial charge is 0.268 e. The van der Waals surface area contributed by atoms with Crippen molar-refractivity contribution in [1.82, 2.24) is 16.1 Å². The van der Waals surface area contributed by atoms with E-state index in [0.29, 0.717) is 11.3 Å². The number of carbonyl (C=O) groups is 3. The molecule has 0 aromatic heterocycles. The van der Waals surface area contributed by atoms with Crippen LogP contribution in [0.1, 0.15) is 35.3 Å². The first-order chi connectivity index (χ1) is 15.3. The van der Waals surface area contributed by atoms with Crippen LogP contribution in [0.2, 0.25) is 0 Å². The second kappa shape index (κ2) is 12.2. The van der Waals surface area contributed by atoms with Crippen LogP contribution in [0.5, 0.6) is 0 Å². The maximum absolute atomic E-state index is 12.3. The van der Waals surface area contributed by atoms with Crippen LogP contribution in [0.3, 0.4) is 0 Å². The van der Waals surface area contributed by atoms with Crippen molar-refractivity contribution in [3.8, 4) is 11.8 Å². The number of aliphatic hydroxyl groups is 1. The summed E-state index contributed by atoms with van der Waals surface area (Å²) >= 11 is 0. The Morgan fingerprint density at radius 1 is 0.969 bits per heavy atom.